The van der Waals surface area contributed by atoms with Gasteiger partial charge in [0.15, 0.2) is 0 Å². The number of aliphatic hydroxyl groups is 1. The third-order valence-corrected chi connectivity index (χ3v) is 4.01. The second kappa shape index (κ2) is 5.28. The molecule has 0 aromatic heterocycles. The van der Waals surface area contributed by atoms with Crippen LogP contribution in [0.25, 0.3) is 0 Å². The van der Waals surface area contributed by atoms with E-state index in [-0.39, 0.29) is 0 Å². The van der Waals surface area contributed by atoms with Crippen LogP contribution in [-0.4, -0.2) is 47.8 Å². The van der Waals surface area contributed by atoms with Crippen molar-refractivity contribution in [2.75, 3.05) is 19.7 Å². The van der Waals surface area contributed by atoms with Gasteiger partial charge in [0.1, 0.15) is 0 Å². The van der Waals surface area contributed by atoms with Gasteiger partial charge in [0.25, 0.3) is 0 Å². The van der Waals surface area contributed by atoms with E-state index < -0.39 is 0 Å². The zero-order chi connectivity index (χ0) is 10.7. The predicted octanol–water partition coefficient (Wildman–Crippen LogP) is 0.974. The van der Waals surface area contributed by atoms with Crippen LogP contribution in [0.1, 0.15) is 39.0 Å². The van der Waals surface area contributed by atoms with Gasteiger partial charge in [0.05, 0.1) is 6.61 Å². The molecule has 3 heteroatoms. The first kappa shape index (κ1) is 11.4. The fraction of sp³-hybridized carbons (Fsp3) is 1.00. The molecular formula is C12H24N2O. The van der Waals surface area contributed by atoms with Gasteiger partial charge in [-0.05, 0) is 32.7 Å². The lowest BCUT2D eigenvalue weighted by atomic mass is 10.1. The molecule has 15 heavy (non-hydrogen) atoms. The molecule has 1 aliphatic heterocycles. The highest BCUT2D eigenvalue weighted by molar-refractivity contribution is 4.89. The van der Waals surface area contributed by atoms with Gasteiger partial charge >= 0.3 is 0 Å². The van der Waals surface area contributed by atoms with Gasteiger partial charge in [-0.2, -0.15) is 0 Å². The van der Waals surface area contributed by atoms with Crippen LogP contribution in [0, 0.1) is 0 Å². The Bertz CT molecular complexity index is 192. The Hall–Kier alpha value is -0.120. The van der Waals surface area contributed by atoms with Crippen molar-refractivity contribution in [3.05, 3.63) is 0 Å². The third-order valence-electron chi connectivity index (χ3n) is 4.01. The number of rotatable bonds is 2. The van der Waals surface area contributed by atoms with Gasteiger partial charge in [-0.1, -0.05) is 12.8 Å². The highest BCUT2D eigenvalue weighted by atomic mass is 16.3. The van der Waals surface area contributed by atoms with Gasteiger partial charge in [0, 0.05) is 24.7 Å². The summed E-state index contributed by atoms with van der Waals surface area (Å²) in [4.78, 5) is 2.59. The summed E-state index contributed by atoms with van der Waals surface area (Å²) in [7, 11) is 0. The molecule has 0 aromatic carbocycles. The Morgan fingerprint density at radius 1 is 1.27 bits per heavy atom. The van der Waals surface area contributed by atoms with Crippen LogP contribution in [0.15, 0.2) is 0 Å². The molecule has 2 unspecified atom stereocenters. The summed E-state index contributed by atoms with van der Waals surface area (Å²) in [6.45, 7) is 4.67. The lowest BCUT2D eigenvalue weighted by Crippen LogP contribution is -2.50. The molecule has 2 N–H and O–H groups in total. The van der Waals surface area contributed by atoms with E-state index in [0.717, 1.165) is 19.1 Å². The Kier molecular flexibility index (Phi) is 4.00. The molecule has 0 bridgehead atoms. The lowest BCUT2D eigenvalue weighted by Gasteiger charge is -2.38. The minimum absolute atomic E-state index is 0.299. The van der Waals surface area contributed by atoms with Crippen molar-refractivity contribution in [3.8, 4) is 0 Å². The van der Waals surface area contributed by atoms with Crippen molar-refractivity contribution < 1.29 is 5.11 Å². The third kappa shape index (κ3) is 2.52. The summed E-state index contributed by atoms with van der Waals surface area (Å²) in [5, 5.41) is 12.9. The molecule has 1 aliphatic carbocycles. The van der Waals surface area contributed by atoms with Crippen LogP contribution < -0.4 is 5.32 Å². The molecule has 1 saturated heterocycles. The van der Waals surface area contributed by atoms with Crippen molar-refractivity contribution in [1.29, 1.82) is 0 Å². The molecule has 0 amide bonds. The number of aliphatic hydroxyl groups excluding tert-OH is 1. The minimum atomic E-state index is 0.299. The first-order chi connectivity index (χ1) is 7.33. The maximum Gasteiger partial charge on any atom is 0.0599 e. The van der Waals surface area contributed by atoms with Crippen LogP contribution in [0.4, 0.5) is 0 Å². The Labute approximate surface area is 92.8 Å². The number of nitrogens with zero attached hydrogens (tertiary/aromatic N) is 1. The largest absolute Gasteiger partial charge is 0.395 e. The zero-order valence-corrected chi connectivity index (χ0v) is 9.78. The second-order valence-electron chi connectivity index (χ2n) is 5.06. The molecule has 2 atom stereocenters. The Morgan fingerprint density at radius 3 is 2.67 bits per heavy atom. The fourth-order valence-electron chi connectivity index (χ4n) is 3.21. The van der Waals surface area contributed by atoms with Gasteiger partial charge in [0.2, 0.25) is 0 Å². The normalized spacial score (nSPS) is 35.6. The summed E-state index contributed by atoms with van der Waals surface area (Å²) < 4.78 is 0. The van der Waals surface area contributed by atoms with E-state index in [2.05, 4.69) is 17.1 Å². The van der Waals surface area contributed by atoms with Gasteiger partial charge in [-0.15, -0.1) is 0 Å². The molecule has 3 nitrogen and oxygen atoms in total. The first-order valence-corrected chi connectivity index (χ1v) is 6.42. The van der Waals surface area contributed by atoms with Crippen LogP contribution >= 0.6 is 0 Å². The molecular weight excluding hydrogens is 188 g/mol. The van der Waals surface area contributed by atoms with Crippen LogP contribution in [-0.2, 0) is 0 Å². The molecule has 0 radical (unpaired) electrons. The number of hydrogen-bond donors (Lipinski definition) is 2. The van der Waals surface area contributed by atoms with Gasteiger partial charge in [-0.3, -0.25) is 4.90 Å². The van der Waals surface area contributed by atoms with Gasteiger partial charge in [-0.25, -0.2) is 0 Å². The average molecular weight is 212 g/mol. The lowest BCUT2D eigenvalue weighted by molar-refractivity contribution is 0.0590. The van der Waals surface area contributed by atoms with Crippen molar-refractivity contribution in [2.45, 2.75) is 57.2 Å². The molecule has 1 heterocycles. The minimum Gasteiger partial charge on any atom is -0.395 e. The smallest absolute Gasteiger partial charge is 0.0599 e. The summed E-state index contributed by atoms with van der Waals surface area (Å²) in [6, 6.07) is 1.70. The predicted molar refractivity (Wildman–Crippen MR) is 61.9 cm³/mol. The van der Waals surface area contributed by atoms with E-state index in [0.29, 0.717) is 18.7 Å². The van der Waals surface area contributed by atoms with E-state index in [1.807, 2.05) is 0 Å². The summed E-state index contributed by atoms with van der Waals surface area (Å²) in [6.07, 6.45) is 6.63. The van der Waals surface area contributed by atoms with Crippen molar-refractivity contribution in [3.63, 3.8) is 0 Å². The zero-order valence-electron chi connectivity index (χ0n) is 9.78. The molecule has 2 aliphatic rings. The maximum absolute atomic E-state index is 9.48. The highest BCUT2D eigenvalue weighted by Gasteiger charge is 2.32. The van der Waals surface area contributed by atoms with Crippen LogP contribution in [0.2, 0.25) is 0 Å². The SMILES string of the molecule is CC1CCNCC(CO)N1C1CCCC1. The molecule has 1 saturated carbocycles. The maximum atomic E-state index is 9.48. The van der Waals surface area contributed by atoms with Crippen LogP contribution in [0.3, 0.4) is 0 Å². The molecule has 0 aromatic rings. The standard InChI is InChI=1S/C12H24N2O/c1-10-6-7-13-8-12(9-15)14(10)11-4-2-3-5-11/h10-13,15H,2-9H2,1H3. The van der Waals surface area contributed by atoms with E-state index in [1.165, 1.54) is 32.1 Å². The Balaban J connectivity index is 2.06. The van der Waals surface area contributed by atoms with Crippen LogP contribution in [0.5, 0.6) is 0 Å². The molecule has 2 rings (SSSR count). The highest BCUT2D eigenvalue weighted by Crippen LogP contribution is 2.28. The van der Waals surface area contributed by atoms with E-state index in [9.17, 15) is 5.11 Å². The first-order valence-electron chi connectivity index (χ1n) is 6.42. The Morgan fingerprint density at radius 2 is 2.00 bits per heavy atom. The van der Waals surface area contributed by atoms with E-state index >= 15 is 0 Å². The fourth-order valence-corrected chi connectivity index (χ4v) is 3.21. The summed E-state index contributed by atoms with van der Waals surface area (Å²) >= 11 is 0. The molecule has 0 spiro atoms. The number of hydrogen-bond acceptors (Lipinski definition) is 3. The summed E-state index contributed by atoms with van der Waals surface area (Å²) in [5.74, 6) is 0. The molecule has 2 fully saturated rings. The molecule has 88 valence electrons. The second-order valence-corrected chi connectivity index (χ2v) is 5.06. The topological polar surface area (TPSA) is 35.5 Å². The quantitative estimate of drug-likeness (QED) is 0.716. The van der Waals surface area contributed by atoms with E-state index in [1.54, 1.807) is 0 Å². The van der Waals surface area contributed by atoms with Crippen molar-refractivity contribution >= 4 is 0 Å². The monoisotopic (exact) mass is 212 g/mol. The van der Waals surface area contributed by atoms with Crippen molar-refractivity contribution in [2.24, 2.45) is 0 Å². The average Bonchev–Trinajstić information content (AvgIpc) is 2.69. The van der Waals surface area contributed by atoms with E-state index in [4.69, 9.17) is 0 Å². The summed E-state index contributed by atoms with van der Waals surface area (Å²) in [5.41, 5.74) is 0. The number of nitrogens with one attached hydrogen (secondary N) is 1. The van der Waals surface area contributed by atoms with Crippen molar-refractivity contribution in [1.82, 2.24) is 10.2 Å². The van der Waals surface area contributed by atoms with Gasteiger partial charge < -0.3 is 10.4 Å².